The molecule has 0 saturated heterocycles. The van der Waals surface area contributed by atoms with Gasteiger partial charge in [0.05, 0.1) is 11.1 Å². The zero-order valence-corrected chi connectivity index (χ0v) is 11.8. The van der Waals surface area contributed by atoms with Crippen LogP contribution in [0.5, 0.6) is 11.5 Å². The number of aryl methyl sites for hydroxylation is 1. The fourth-order valence-electron chi connectivity index (χ4n) is 1.82. The fraction of sp³-hybridized carbons (Fsp3) is 0.250. The first-order valence-electron chi connectivity index (χ1n) is 6.34. The first-order valence-corrected chi connectivity index (χ1v) is 6.72. The lowest BCUT2D eigenvalue weighted by Crippen LogP contribution is -1.92. The Bertz CT molecular complexity index is 564. The van der Waals surface area contributed by atoms with Crippen molar-refractivity contribution in [3.8, 4) is 11.5 Å². The zero-order valence-electron chi connectivity index (χ0n) is 11.1. The first kappa shape index (κ1) is 13.9. The molecule has 1 unspecified atom stereocenters. The van der Waals surface area contributed by atoms with Gasteiger partial charge in [0.2, 0.25) is 0 Å². The molecule has 2 rings (SSSR count). The molecule has 0 aliphatic carbocycles. The van der Waals surface area contributed by atoms with E-state index in [1.54, 1.807) is 19.1 Å². The highest BCUT2D eigenvalue weighted by Gasteiger charge is 2.07. The van der Waals surface area contributed by atoms with E-state index in [1.165, 1.54) is 5.56 Å². The lowest BCUT2D eigenvalue weighted by molar-refractivity contribution is 0.199. The maximum atomic E-state index is 9.50. The molecule has 0 aliphatic heterocycles. The summed E-state index contributed by atoms with van der Waals surface area (Å²) in [6.45, 7) is 3.81. The van der Waals surface area contributed by atoms with Gasteiger partial charge >= 0.3 is 0 Å². The van der Waals surface area contributed by atoms with Crippen molar-refractivity contribution in [2.24, 2.45) is 0 Å². The van der Waals surface area contributed by atoms with E-state index in [0.717, 1.165) is 17.7 Å². The molecule has 0 amide bonds. The minimum atomic E-state index is -0.532. The second-order valence-corrected chi connectivity index (χ2v) is 4.88. The van der Waals surface area contributed by atoms with E-state index in [9.17, 15) is 5.11 Å². The number of rotatable bonds is 4. The number of aliphatic hydroxyl groups excluding tert-OH is 1. The number of hydrogen-bond acceptors (Lipinski definition) is 2. The summed E-state index contributed by atoms with van der Waals surface area (Å²) in [5.41, 5.74) is 1.99. The first-order chi connectivity index (χ1) is 9.10. The van der Waals surface area contributed by atoms with Crippen LogP contribution in [0.4, 0.5) is 0 Å². The molecule has 19 heavy (non-hydrogen) atoms. The monoisotopic (exact) mass is 276 g/mol. The Labute approximate surface area is 118 Å². The molecule has 2 aromatic carbocycles. The number of halogens is 1. The van der Waals surface area contributed by atoms with Crippen molar-refractivity contribution in [3.63, 3.8) is 0 Å². The number of benzene rings is 2. The standard InChI is InChI=1S/C16H17ClO2/c1-3-12-5-4-6-14(9-12)19-16-8-7-13(11(2)18)10-15(16)17/h4-11,18H,3H2,1-2H3. The minimum Gasteiger partial charge on any atom is -0.456 e. The molecule has 1 N–H and O–H groups in total. The molecular formula is C16H17ClO2. The SMILES string of the molecule is CCc1cccc(Oc2ccc(C(C)O)cc2Cl)c1. The molecule has 1 atom stereocenters. The highest BCUT2D eigenvalue weighted by Crippen LogP contribution is 2.31. The third-order valence-corrected chi connectivity index (χ3v) is 3.27. The van der Waals surface area contributed by atoms with Gasteiger partial charge in [0.15, 0.2) is 0 Å². The third-order valence-electron chi connectivity index (χ3n) is 2.97. The largest absolute Gasteiger partial charge is 0.456 e. The maximum Gasteiger partial charge on any atom is 0.146 e. The normalized spacial score (nSPS) is 12.2. The summed E-state index contributed by atoms with van der Waals surface area (Å²) in [4.78, 5) is 0. The number of hydrogen-bond donors (Lipinski definition) is 1. The van der Waals surface area contributed by atoms with E-state index in [0.29, 0.717) is 10.8 Å². The molecular weight excluding hydrogens is 260 g/mol. The van der Waals surface area contributed by atoms with Crippen LogP contribution < -0.4 is 4.74 Å². The van der Waals surface area contributed by atoms with Gasteiger partial charge in [-0.05, 0) is 48.7 Å². The molecule has 2 nitrogen and oxygen atoms in total. The van der Waals surface area contributed by atoms with Crippen LogP contribution in [0, 0.1) is 0 Å². The van der Waals surface area contributed by atoms with Gasteiger partial charge < -0.3 is 9.84 Å². The smallest absolute Gasteiger partial charge is 0.146 e. The molecule has 0 saturated carbocycles. The average Bonchev–Trinajstić information content (AvgIpc) is 2.41. The van der Waals surface area contributed by atoms with Crippen molar-refractivity contribution in [3.05, 3.63) is 58.6 Å². The van der Waals surface area contributed by atoms with Gasteiger partial charge in [-0.15, -0.1) is 0 Å². The summed E-state index contributed by atoms with van der Waals surface area (Å²) in [5, 5.41) is 10.00. The van der Waals surface area contributed by atoms with Crippen LogP contribution in [0.2, 0.25) is 5.02 Å². The summed E-state index contributed by atoms with van der Waals surface area (Å²) in [7, 11) is 0. The molecule has 3 heteroatoms. The summed E-state index contributed by atoms with van der Waals surface area (Å²) in [6.07, 6.45) is 0.432. The topological polar surface area (TPSA) is 29.5 Å². The van der Waals surface area contributed by atoms with Gasteiger partial charge in [-0.1, -0.05) is 36.7 Å². The highest BCUT2D eigenvalue weighted by molar-refractivity contribution is 6.32. The predicted molar refractivity (Wildman–Crippen MR) is 78.0 cm³/mol. The quantitative estimate of drug-likeness (QED) is 0.873. The highest BCUT2D eigenvalue weighted by atomic mass is 35.5. The van der Waals surface area contributed by atoms with E-state index < -0.39 is 6.10 Å². The summed E-state index contributed by atoms with van der Waals surface area (Å²) >= 11 is 6.16. The average molecular weight is 277 g/mol. The molecule has 100 valence electrons. The van der Waals surface area contributed by atoms with Crippen molar-refractivity contribution in [2.45, 2.75) is 26.4 Å². The van der Waals surface area contributed by atoms with Gasteiger partial charge in [-0.2, -0.15) is 0 Å². The number of aliphatic hydroxyl groups is 1. The van der Waals surface area contributed by atoms with E-state index >= 15 is 0 Å². The van der Waals surface area contributed by atoms with Crippen LogP contribution in [0.3, 0.4) is 0 Å². The van der Waals surface area contributed by atoms with Gasteiger partial charge in [0.25, 0.3) is 0 Å². The lowest BCUT2D eigenvalue weighted by atomic mass is 10.1. The van der Waals surface area contributed by atoms with Crippen LogP contribution in [0.15, 0.2) is 42.5 Å². The van der Waals surface area contributed by atoms with Crippen molar-refractivity contribution >= 4 is 11.6 Å². The molecule has 0 aliphatic rings. The Kier molecular flexibility index (Phi) is 4.46. The van der Waals surface area contributed by atoms with Crippen LogP contribution in [-0.2, 0) is 6.42 Å². The summed E-state index contributed by atoms with van der Waals surface area (Å²) < 4.78 is 5.77. The van der Waals surface area contributed by atoms with Crippen molar-refractivity contribution in [2.75, 3.05) is 0 Å². The summed E-state index contributed by atoms with van der Waals surface area (Å²) in [5.74, 6) is 1.37. The second-order valence-electron chi connectivity index (χ2n) is 4.47. The van der Waals surface area contributed by atoms with E-state index in [4.69, 9.17) is 16.3 Å². The van der Waals surface area contributed by atoms with E-state index in [2.05, 4.69) is 13.0 Å². The zero-order chi connectivity index (χ0) is 13.8. The Morgan fingerprint density at radius 1 is 1.21 bits per heavy atom. The second kappa shape index (κ2) is 6.09. The molecule has 0 bridgehead atoms. The van der Waals surface area contributed by atoms with Gasteiger partial charge in [-0.3, -0.25) is 0 Å². The lowest BCUT2D eigenvalue weighted by Gasteiger charge is -2.11. The van der Waals surface area contributed by atoms with Crippen LogP contribution in [-0.4, -0.2) is 5.11 Å². The van der Waals surface area contributed by atoms with Crippen molar-refractivity contribution < 1.29 is 9.84 Å². The fourth-order valence-corrected chi connectivity index (χ4v) is 2.04. The van der Waals surface area contributed by atoms with Gasteiger partial charge in [0, 0.05) is 0 Å². The van der Waals surface area contributed by atoms with Crippen LogP contribution in [0.25, 0.3) is 0 Å². The van der Waals surface area contributed by atoms with Crippen LogP contribution in [0.1, 0.15) is 31.1 Å². The number of ether oxygens (including phenoxy) is 1. The molecule has 0 heterocycles. The maximum absolute atomic E-state index is 9.50. The van der Waals surface area contributed by atoms with Crippen molar-refractivity contribution in [1.82, 2.24) is 0 Å². The van der Waals surface area contributed by atoms with Crippen molar-refractivity contribution in [1.29, 1.82) is 0 Å². The Morgan fingerprint density at radius 3 is 2.63 bits per heavy atom. The summed E-state index contributed by atoms with van der Waals surface area (Å²) in [6, 6.07) is 13.2. The molecule has 0 radical (unpaired) electrons. The Hall–Kier alpha value is -1.51. The molecule has 2 aromatic rings. The molecule has 0 aromatic heterocycles. The third kappa shape index (κ3) is 3.49. The van der Waals surface area contributed by atoms with Gasteiger partial charge in [0.1, 0.15) is 11.5 Å². The van der Waals surface area contributed by atoms with Gasteiger partial charge in [-0.25, -0.2) is 0 Å². The molecule has 0 fully saturated rings. The Balaban J connectivity index is 2.23. The van der Waals surface area contributed by atoms with E-state index in [1.807, 2.05) is 24.3 Å². The molecule has 0 spiro atoms. The predicted octanol–water partition coefficient (Wildman–Crippen LogP) is 4.75. The van der Waals surface area contributed by atoms with Crippen LogP contribution >= 0.6 is 11.6 Å². The Morgan fingerprint density at radius 2 is 2.00 bits per heavy atom. The van der Waals surface area contributed by atoms with E-state index in [-0.39, 0.29) is 0 Å². The minimum absolute atomic E-state index is 0.500.